The fraction of sp³-hybridized carbons (Fsp3) is 0.333. The first-order chi connectivity index (χ1) is 11.4. The monoisotopic (exact) mass is 320 g/mol. The Kier molecular flexibility index (Phi) is 5.76. The Morgan fingerprint density at radius 1 is 1.04 bits per heavy atom. The highest BCUT2D eigenvalue weighted by Crippen LogP contribution is 2.22. The van der Waals surface area contributed by atoms with Gasteiger partial charge in [0.15, 0.2) is 0 Å². The number of benzene rings is 2. The average Bonchev–Trinajstić information content (AvgIpc) is 2.58. The first kappa shape index (κ1) is 17.7. The minimum atomic E-state index is -0.0328. The molecule has 2 rings (SSSR count). The molecule has 0 atom stereocenters. The molecular weight excluding hydrogens is 296 g/mol. The van der Waals surface area contributed by atoms with Crippen molar-refractivity contribution < 1.29 is 4.79 Å². The predicted molar refractivity (Wildman–Crippen MR) is 96.6 cm³/mol. The summed E-state index contributed by atoms with van der Waals surface area (Å²) in [7, 11) is 0. The van der Waals surface area contributed by atoms with Gasteiger partial charge in [-0.05, 0) is 28.7 Å². The van der Waals surface area contributed by atoms with E-state index in [1.807, 2.05) is 54.6 Å². The van der Waals surface area contributed by atoms with Crippen molar-refractivity contribution >= 4 is 5.91 Å². The summed E-state index contributed by atoms with van der Waals surface area (Å²) in [5, 5.41) is 8.87. The van der Waals surface area contributed by atoms with Gasteiger partial charge in [-0.25, -0.2) is 0 Å². The summed E-state index contributed by atoms with van der Waals surface area (Å²) in [6, 6.07) is 19.8. The number of amides is 1. The molecular formula is C21H24N2O. The van der Waals surface area contributed by atoms with E-state index in [2.05, 4.69) is 26.8 Å². The van der Waals surface area contributed by atoms with Crippen LogP contribution in [0.15, 0.2) is 54.6 Å². The lowest BCUT2D eigenvalue weighted by Gasteiger charge is -2.23. The lowest BCUT2D eigenvalue weighted by Crippen LogP contribution is -2.31. The number of carbonyl (C=O) groups excluding carboxylic acids is 1. The van der Waals surface area contributed by atoms with Crippen molar-refractivity contribution in [1.29, 1.82) is 5.26 Å². The summed E-state index contributed by atoms with van der Waals surface area (Å²) in [4.78, 5) is 14.6. The van der Waals surface area contributed by atoms with Crippen molar-refractivity contribution in [1.82, 2.24) is 4.90 Å². The second-order valence-electron chi connectivity index (χ2n) is 6.95. The molecule has 0 aromatic heterocycles. The van der Waals surface area contributed by atoms with Crippen LogP contribution in [-0.2, 0) is 12.0 Å². The normalized spacial score (nSPS) is 10.9. The zero-order chi connectivity index (χ0) is 17.6. The maximum absolute atomic E-state index is 12.8. The van der Waals surface area contributed by atoms with E-state index in [9.17, 15) is 4.79 Å². The van der Waals surface area contributed by atoms with Crippen LogP contribution in [0.1, 0.15) is 48.7 Å². The molecule has 0 spiro atoms. The lowest BCUT2D eigenvalue weighted by molar-refractivity contribution is 0.0747. The largest absolute Gasteiger partial charge is 0.333 e. The Morgan fingerprint density at radius 3 is 2.21 bits per heavy atom. The molecule has 2 aromatic rings. The van der Waals surface area contributed by atoms with E-state index in [0.29, 0.717) is 25.1 Å². The van der Waals surface area contributed by atoms with Crippen molar-refractivity contribution in [3.05, 3.63) is 71.3 Å². The predicted octanol–water partition coefficient (Wildman–Crippen LogP) is 4.54. The molecule has 0 radical (unpaired) electrons. The smallest absolute Gasteiger partial charge is 0.254 e. The number of carbonyl (C=O) groups is 1. The lowest BCUT2D eigenvalue weighted by atomic mass is 9.86. The Balaban J connectivity index is 2.19. The van der Waals surface area contributed by atoms with Crippen molar-refractivity contribution in [2.24, 2.45) is 0 Å². The molecule has 24 heavy (non-hydrogen) atoms. The zero-order valence-electron chi connectivity index (χ0n) is 14.6. The average molecular weight is 320 g/mol. The minimum Gasteiger partial charge on any atom is -0.333 e. The number of nitriles is 1. The molecule has 0 saturated carbocycles. The fourth-order valence-corrected chi connectivity index (χ4v) is 2.54. The molecule has 0 aliphatic carbocycles. The molecule has 0 heterocycles. The van der Waals surface area contributed by atoms with Gasteiger partial charge in [-0.2, -0.15) is 5.26 Å². The topological polar surface area (TPSA) is 44.1 Å². The first-order valence-electron chi connectivity index (χ1n) is 8.22. The number of hydrogen-bond acceptors (Lipinski definition) is 2. The van der Waals surface area contributed by atoms with Gasteiger partial charge in [0.05, 0.1) is 12.5 Å². The molecule has 124 valence electrons. The molecule has 0 unspecified atom stereocenters. The first-order valence-corrected chi connectivity index (χ1v) is 8.22. The van der Waals surface area contributed by atoms with Gasteiger partial charge in [0.2, 0.25) is 0 Å². The van der Waals surface area contributed by atoms with Crippen LogP contribution >= 0.6 is 0 Å². The summed E-state index contributed by atoms with van der Waals surface area (Å²) >= 11 is 0. The molecule has 0 bridgehead atoms. The molecule has 1 amide bonds. The number of nitrogens with zero attached hydrogens (tertiary/aromatic N) is 2. The highest BCUT2D eigenvalue weighted by Gasteiger charge is 2.18. The Morgan fingerprint density at radius 2 is 1.67 bits per heavy atom. The Labute approximate surface area is 144 Å². The van der Waals surface area contributed by atoms with Gasteiger partial charge >= 0.3 is 0 Å². The third-order valence-electron chi connectivity index (χ3n) is 3.99. The summed E-state index contributed by atoms with van der Waals surface area (Å²) in [5.74, 6) is -0.0328. The molecule has 0 N–H and O–H groups in total. The molecule has 0 fully saturated rings. The van der Waals surface area contributed by atoms with Crippen molar-refractivity contribution in [2.75, 3.05) is 6.54 Å². The Bertz CT molecular complexity index is 706. The maximum Gasteiger partial charge on any atom is 0.254 e. The number of hydrogen-bond donors (Lipinski definition) is 0. The third-order valence-corrected chi connectivity index (χ3v) is 3.99. The fourth-order valence-electron chi connectivity index (χ4n) is 2.54. The SMILES string of the molecule is CC(C)(C)c1ccc(C(=O)N(CCC#N)Cc2ccccc2)cc1. The highest BCUT2D eigenvalue weighted by atomic mass is 16.2. The van der Waals surface area contributed by atoms with Crippen LogP contribution < -0.4 is 0 Å². The van der Waals surface area contributed by atoms with Gasteiger partial charge in [0.25, 0.3) is 5.91 Å². The van der Waals surface area contributed by atoms with Gasteiger partial charge in [-0.3, -0.25) is 4.79 Å². The van der Waals surface area contributed by atoms with E-state index < -0.39 is 0 Å². The summed E-state index contributed by atoms with van der Waals surface area (Å²) < 4.78 is 0. The molecule has 3 nitrogen and oxygen atoms in total. The quantitative estimate of drug-likeness (QED) is 0.812. The van der Waals surface area contributed by atoms with E-state index in [1.165, 1.54) is 5.56 Å². The van der Waals surface area contributed by atoms with Crippen molar-refractivity contribution in [3.63, 3.8) is 0 Å². The van der Waals surface area contributed by atoms with Crippen molar-refractivity contribution in [3.8, 4) is 6.07 Å². The summed E-state index contributed by atoms with van der Waals surface area (Å²) in [5.41, 5.74) is 2.99. The van der Waals surface area contributed by atoms with E-state index in [4.69, 9.17) is 5.26 Å². The van der Waals surface area contributed by atoms with Gasteiger partial charge in [0.1, 0.15) is 0 Å². The van der Waals surface area contributed by atoms with E-state index in [0.717, 1.165) is 5.56 Å². The van der Waals surface area contributed by atoms with E-state index in [-0.39, 0.29) is 11.3 Å². The summed E-state index contributed by atoms with van der Waals surface area (Å²) in [6.07, 6.45) is 0.332. The van der Waals surface area contributed by atoms with E-state index >= 15 is 0 Å². The second-order valence-corrected chi connectivity index (χ2v) is 6.95. The van der Waals surface area contributed by atoms with Crippen LogP contribution in [-0.4, -0.2) is 17.4 Å². The molecule has 0 aliphatic rings. The van der Waals surface area contributed by atoms with Crippen LogP contribution in [0.4, 0.5) is 0 Å². The Hall–Kier alpha value is -2.60. The van der Waals surface area contributed by atoms with Gasteiger partial charge in [-0.15, -0.1) is 0 Å². The van der Waals surface area contributed by atoms with Gasteiger partial charge in [-0.1, -0.05) is 63.2 Å². The van der Waals surface area contributed by atoms with Crippen LogP contribution in [0.2, 0.25) is 0 Å². The van der Waals surface area contributed by atoms with Gasteiger partial charge < -0.3 is 4.90 Å². The maximum atomic E-state index is 12.8. The molecule has 2 aromatic carbocycles. The van der Waals surface area contributed by atoms with Crippen LogP contribution in [0.3, 0.4) is 0 Å². The number of rotatable bonds is 5. The molecule has 0 saturated heterocycles. The standard InChI is InChI=1S/C21H24N2O/c1-21(2,3)19-12-10-18(11-13-19)20(24)23(15-7-14-22)16-17-8-5-4-6-9-17/h4-6,8-13H,7,15-16H2,1-3H3. The highest BCUT2D eigenvalue weighted by molar-refractivity contribution is 5.94. The van der Waals surface area contributed by atoms with Gasteiger partial charge in [0, 0.05) is 18.7 Å². The van der Waals surface area contributed by atoms with Crippen molar-refractivity contribution in [2.45, 2.75) is 39.2 Å². The minimum absolute atomic E-state index is 0.0328. The summed E-state index contributed by atoms with van der Waals surface area (Å²) in [6.45, 7) is 7.41. The second kappa shape index (κ2) is 7.79. The van der Waals surface area contributed by atoms with Crippen LogP contribution in [0.5, 0.6) is 0 Å². The third kappa shape index (κ3) is 4.70. The van der Waals surface area contributed by atoms with E-state index in [1.54, 1.807) is 4.90 Å². The van der Waals surface area contributed by atoms with Crippen LogP contribution in [0, 0.1) is 11.3 Å². The van der Waals surface area contributed by atoms with Crippen LogP contribution in [0.25, 0.3) is 0 Å². The molecule has 0 aliphatic heterocycles. The molecule has 3 heteroatoms. The zero-order valence-corrected chi connectivity index (χ0v) is 14.6.